The Morgan fingerprint density at radius 3 is 3.05 bits per heavy atom. The molecule has 114 valence electrons. The highest BCUT2D eigenvalue weighted by Crippen LogP contribution is 2.29. The summed E-state index contributed by atoms with van der Waals surface area (Å²) in [5.74, 6) is 0.147. The molecule has 21 heavy (non-hydrogen) atoms. The highest BCUT2D eigenvalue weighted by molar-refractivity contribution is 5.94. The van der Waals surface area contributed by atoms with Gasteiger partial charge in [-0.25, -0.2) is 0 Å². The van der Waals surface area contributed by atoms with Crippen molar-refractivity contribution < 1.29 is 9.53 Å². The van der Waals surface area contributed by atoms with Gasteiger partial charge in [0.2, 0.25) is 0 Å². The first kappa shape index (κ1) is 14.5. The van der Waals surface area contributed by atoms with Gasteiger partial charge in [0.1, 0.15) is 0 Å². The molecule has 4 nitrogen and oxygen atoms in total. The minimum atomic E-state index is 0.147. The van der Waals surface area contributed by atoms with Crippen LogP contribution in [0.15, 0.2) is 24.3 Å². The molecule has 3 rings (SSSR count). The Hall–Kier alpha value is -1.39. The van der Waals surface area contributed by atoms with E-state index in [0.717, 1.165) is 30.4 Å². The summed E-state index contributed by atoms with van der Waals surface area (Å²) in [6, 6.07) is 8.15. The topological polar surface area (TPSA) is 55.6 Å². The van der Waals surface area contributed by atoms with Gasteiger partial charge in [-0.1, -0.05) is 25.0 Å². The van der Waals surface area contributed by atoms with Crippen molar-refractivity contribution in [2.45, 2.75) is 44.2 Å². The number of hydrogen-bond donors (Lipinski definition) is 1. The van der Waals surface area contributed by atoms with Crippen LogP contribution in [0.1, 0.15) is 41.6 Å². The minimum Gasteiger partial charge on any atom is -0.374 e. The Balaban J connectivity index is 1.78. The zero-order chi connectivity index (χ0) is 14.7. The predicted molar refractivity (Wildman–Crippen MR) is 82.2 cm³/mol. The van der Waals surface area contributed by atoms with Crippen LogP contribution in [0.5, 0.6) is 0 Å². The lowest BCUT2D eigenvalue weighted by Gasteiger charge is -2.43. The molecule has 1 aromatic rings. The second-order valence-corrected chi connectivity index (χ2v) is 6.00. The molecule has 1 aromatic carbocycles. The molecule has 1 heterocycles. The Kier molecular flexibility index (Phi) is 4.56. The number of benzene rings is 1. The number of carbonyl (C=O) groups excluding carboxylic acids is 1. The second kappa shape index (κ2) is 6.58. The SMILES string of the molecule is NCCc1cccc(C(=O)N2CCOC3CCCCC32)c1. The van der Waals surface area contributed by atoms with Gasteiger partial charge in [-0.15, -0.1) is 0 Å². The first-order chi connectivity index (χ1) is 10.3. The number of fused-ring (bicyclic) bond motifs is 1. The van der Waals surface area contributed by atoms with Gasteiger partial charge < -0.3 is 15.4 Å². The van der Waals surface area contributed by atoms with Crippen LogP contribution >= 0.6 is 0 Å². The molecule has 1 amide bonds. The van der Waals surface area contributed by atoms with Crippen molar-refractivity contribution in [3.63, 3.8) is 0 Å². The highest BCUT2D eigenvalue weighted by Gasteiger charge is 2.36. The smallest absolute Gasteiger partial charge is 0.254 e. The van der Waals surface area contributed by atoms with Gasteiger partial charge in [0.25, 0.3) is 5.91 Å². The molecule has 0 spiro atoms. The number of rotatable bonds is 3. The van der Waals surface area contributed by atoms with Gasteiger partial charge >= 0.3 is 0 Å². The summed E-state index contributed by atoms with van der Waals surface area (Å²) in [4.78, 5) is 14.9. The number of carbonyl (C=O) groups is 1. The summed E-state index contributed by atoms with van der Waals surface area (Å²) in [7, 11) is 0. The van der Waals surface area contributed by atoms with E-state index in [1.54, 1.807) is 0 Å². The molecule has 0 radical (unpaired) electrons. The maximum Gasteiger partial charge on any atom is 0.254 e. The van der Waals surface area contributed by atoms with E-state index in [2.05, 4.69) is 0 Å². The molecular formula is C17H24N2O2. The van der Waals surface area contributed by atoms with Gasteiger partial charge in [-0.3, -0.25) is 4.79 Å². The van der Waals surface area contributed by atoms with Gasteiger partial charge in [0.05, 0.1) is 18.8 Å². The third-order valence-electron chi connectivity index (χ3n) is 4.60. The van der Waals surface area contributed by atoms with E-state index in [9.17, 15) is 4.79 Å². The number of nitrogens with zero attached hydrogens (tertiary/aromatic N) is 1. The molecule has 2 atom stereocenters. The maximum absolute atomic E-state index is 12.9. The van der Waals surface area contributed by atoms with E-state index in [4.69, 9.17) is 10.5 Å². The molecule has 1 aliphatic carbocycles. The standard InChI is InChI=1S/C17H24N2O2/c18-9-8-13-4-3-5-14(12-13)17(20)19-10-11-21-16-7-2-1-6-15(16)19/h3-5,12,15-16H,1-2,6-11,18H2. The van der Waals surface area contributed by atoms with E-state index in [1.807, 2.05) is 29.2 Å². The number of hydrogen-bond acceptors (Lipinski definition) is 3. The predicted octanol–water partition coefficient (Wildman–Crippen LogP) is 1.97. The summed E-state index contributed by atoms with van der Waals surface area (Å²) in [6.45, 7) is 1.98. The number of amides is 1. The first-order valence-corrected chi connectivity index (χ1v) is 8.01. The van der Waals surface area contributed by atoms with Crippen molar-refractivity contribution in [3.8, 4) is 0 Å². The average molecular weight is 288 g/mol. The number of ether oxygens (including phenoxy) is 1. The monoisotopic (exact) mass is 288 g/mol. The van der Waals surface area contributed by atoms with Crippen LogP contribution in [0.2, 0.25) is 0 Å². The summed E-state index contributed by atoms with van der Waals surface area (Å²) in [5.41, 5.74) is 7.53. The van der Waals surface area contributed by atoms with E-state index < -0.39 is 0 Å². The minimum absolute atomic E-state index is 0.147. The molecule has 2 unspecified atom stereocenters. The summed E-state index contributed by atoms with van der Waals surface area (Å²) < 4.78 is 5.85. The molecule has 1 saturated heterocycles. The lowest BCUT2D eigenvalue weighted by molar-refractivity contribution is -0.0752. The van der Waals surface area contributed by atoms with Crippen LogP contribution in [-0.2, 0) is 11.2 Å². The van der Waals surface area contributed by atoms with E-state index >= 15 is 0 Å². The van der Waals surface area contributed by atoms with Crippen LogP contribution in [0, 0.1) is 0 Å². The molecule has 0 aromatic heterocycles. The lowest BCUT2D eigenvalue weighted by Crippen LogP contribution is -2.54. The Bertz CT molecular complexity index is 501. The normalized spacial score (nSPS) is 25.5. The maximum atomic E-state index is 12.9. The van der Waals surface area contributed by atoms with Gasteiger partial charge in [-0.05, 0) is 43.5 Å². The van der Waals surface area contributed by atoms with Crippen molar-refractivity contribution in [1.82, 2.24) is 4.90 Å². The quantitative estimate of drug-likeness (QED) is 0.925. The van der Waals surface area contributed by atoms with Gasteiger partial charge in [0, 0.05) is 12.1 Å². The molecule has 4 heteroatoms. The summed E-state index contributed by atoms with van der Waals surface area (Å²) in [5, 5.41) is 0. The second-order valence-electron chi connectivity index (χ2n) is 6.00. The Morgan fingerprint density at radius 1 is 1.33 bits per heavy atom. The number of nitrogens with two attached hydrogens (primary N) is 1. The van der Waals surface area contributed by atoms with Crippen molar-refractivity contribution in [2.75, 3.05) is 19.7 Å². The third-order valence-corrected chi connectivity index (χ3v) is 4.60. The van der Waals surface area contributed by atoms with Crippen LogP contribution in [0.4, 0.5) is 0 Å². The molecule has 1 aliphatic heterocycles. The van der Waals surface area contributed by atoms with E-state index in [0.29, 0.717) is 19.7 Å². The Labute approximate surface area is 126 Å². The van der Waals surface area contributed by atoms with Crippen LogP contribution < -0.4 is 5.73 Å². The summed E-state index contributed by atoms with van der Waals surface area (Å²) in [6.07, 6.45) is 5.62. The fraction of sp³-hybridized carbons (Fsp3) is 0.588. The Morgan fingerprint density at radius 2 is 2.19 bits per heavy atom. The third kappa shape index (κ3) is 3.11. The zero-order valence-corrected chi connectivity index (χ0v) is 12.5. The van der Waals surface area contributed by atoms with E-state index in [1.165, 1.54) is 12.8 Å². The van der Waals surface area contributed by atoms with Crippen LogP contribution in [0.25, 0.3) is 0 Å². The molecule has 0 bridgehead atoms. The van der Waals surface area contributed by atoms with Crippen molar-refractivity contribution in [3.05, 3.63) is 35.4 Å². The van der Waals surface area contributed by atoms with Crippen LogP contribution in [0.3, 0.4) is 0 Å². The fourth-order valence-corrected chi connectivity index (χ4v) is 3.54. The van der Waals surface area contributed by atoms with Gasteiger partial charge in [0.15, 0.2) is 0 Å². The molecule has 2 N–H and O–H groups in total. The number of morpholine rings is 1. The molecular weight excluding hydrogens is 264 g/mol. The lowest BCUT2D eigenvalue weighted by atomic mass is 9.89. The first-order valence-electron chi connectivity index (χ1n) is 8.01. The van der Waals surface area contributed by atoms with E-state index in [-0.39, 0.29) is 18.1 Å². The molecule has 2 aliphatic rings. The van der Waals surface area contributed by atoms with Crippen molar-refractivity contribution >= 4 is 5.91 Å². The zero-order valence-electron chi connectivity index (χ0n) is 12.5. The summed E-state index contributed by atoms with van der Waals surface area (Å²) >= 11 is 0. The fourth-order valence-electron chi connectivity index (χ4n) is 3.54. The molecule has 2 fully saturated rings. The van der Waals surface area contributed by atoms with Gasteiger partial charge in [-0.2, -0.15) is 0 Å². The largest absolute Gasteiger partial charge is 0.374 e. The van der Waals surface area contributed by atoms with Crippen molar-refractivity contribution in [1.29, 1.82) is 0 Å². The van der Waals surface area contributed by atoms with Crippen molar-refractivity contribution in [2.24, 2.45) is 5.73 Å². The van der Waals surface area contributed by atoms with Crippen LogP contribution in [-0.4, -0.2) is 42.6 Å². The highest BCUT2D eigenvalue weighted by atomic mass is 16.5. The molecule has 1 saturated carbocycles. The average Bonchev–Trinajstić information content (AvgIpc) is 2.54.